The molecule has 0 saturated heterocycles. The minimum Gasteiger partial charge on any atom is -0.508 e. The molecule has 0 aliphatic rings. The molecule has 6 heteroatoms. The van der Waals surface area contributed by atoms with Crippen molar-refractivity contribution in [2.24, 2.45) is 0 Å². The first kappa shape index (κ1) is 13.0. The van der Waals surface area contributed by atoms with E-state index in [0.29, 0.717) is 0 Å². The first-order valence-corrected chi connectivity index (χ1v) is 4.91. The number of nitrogens with one attached hydrogen (secondary N) is 1. The molecule has 1 amide bonds. The van der Waals surface area contributed by atoms with E-state index in [1.807, 2.05) is 0 Å². The molecule has 17 heavy (non-hydrogen) atoms. The average molecular weight is 238 g/mol. The van der Waals surface area contributed by atoms with Gasteiger partial charge in [-0.2, -0.15) is 0 Å². The molecule has 0 bridgehead atoms. The Kier molecular flexibility index (Phi) is 4.06. The number of aromatic hydroxyl groups is 1. The lowest BCUT2D eigenvalue weighted by molar-refractivity contribution is -0.116. The van der Waals surface area contributed by atoms with Crippen molar-refractivity contribution >= 4 is 17.6 Å². The molecule has 0 heterocycles. The van der Waals surface area contributed by atoms with Gasteiger partial charge in [-0.15, -0.1) is 0 Å². The highest BCUT2D eigenvalue weighted by Crippen LogP contribution is 2.21. The van der Waals surface area contributed by atoms with Crippen LogP contribution in [0, 0.1) is 0 Å². The number of rotatable bonds is 4. The monoisotopic (exact) mass is 238 g/mol. The molecule has 0 saturated carbocycles. The second-order valence-electron chi connectivity index (χ2n) is 3.82. The van der Waals surface area contributed by atoms with E-state index in [9.17, 15) is 14.7 Å². The van der Waals surface area contributed by atoms with E-state index in [1.165, 1.54) is 12.1 Å². The smallest absolute Gasteiger partial charge is 0.337 e. The second-order valence-corrected chi connectivity index (χ2v) is 3.82. The van der Waals surface area contributed by atoms with Gasteiger partial charge in [0.1, 0.15) is 5.75 Å². The van der Waals surface area contributed by atoms with E-state index in [-0.39, 0.29) is 29.5 Å². The molecule has 0 aliphatic heterocycles. The number of phenolic OH excluding ortho intramolecular Hbond substituents is 1. The average Bonchev–Trinajstić information content (AvgIpc) is 2.19. The Morgan fingerprint density at radius 1 is 1.35 bits per heavy atom. The van der Waals surface area contributed by atoms with Gasteiger partial charge in [-0.05, 0) is 32.3 Å². The second kappa shape index (κ2) is 5.31. The van der Waals surface area contributed by atoms with Gasteiger partial charge in [0.2, 0.25) is 5.91 Å². The maximum absolute atomic E-state index is 11.5. The summed E-state index contributed by atoms with van der Waals surface area (Å²) in [4.78, 5) is 24.0. The van der Waals surface area contributed by atoms with Crippen molar-refractivity contribution in [3.8, 4) is 5.75 Å². The third-order valence-electron chi connectivity index (χ3n) is 1.97. The number of aromatic carboxylic acids is 1. The summed E-state index contributed by atoms with van der Waals surface area (Å²) < 4.78 is 0. The molecule has 0 atom stereocenters. The van der Waals surface area contributed by atoms with Crippen LogP contribution in [0.1, 0.15) is 10.4 Å². The fourth-order valence-corrected chi connectivity index (χ4v) is 1.30. The van der Waals surface area contributed by atoms with Crippen LogP contribution in [0.5, 0.6) is 5.75 Å². The van der Waals surface area contributed by atoms with Crippen LogP contribution in [-0.2, 0) is 4.79 Å². The predicted octanol–water partition coefficient (Wildman–Crippen LogP) is 0.590. The number of carboxylic acids is 1. The number of hydrogen-bond donors (Lipinski definition) is 3. The van der Waals surface area contributed by atoms with Crippen molar-refractivity contribution in [3.63, 3.8) is 0 Å². The number of carbonyl (C=O) groups is 2. The highest BCUT2D eigenvalue weighted by Gasteiger charge is 2.13. The van der Waals surface area contributed by atoms with Crippen LogP contribution in [0.4, 0.5) is 5.69 Å². The summed E-state index contributed by atoms with van der Waals surface area (Å²) in [5.41, 5.74) is 0.0271. The van der Waals surface area contributed by atoms with Gasteiger partial charge in [0.05, 0.1) is 17.8 Å². The summed E-state index contributed by atoms with van der Waals surface area (Å²) in [6.45, 7) is 0.153. The first-order chi connectivity index (χ1) is 7.90. The normalized spacial score (nSPS) is 10.3. The van der Waals surface area contributed by atoms with E-state index in [2.05, 4.69) is 5.32 Å². The van der Waals surface area contributed by atoms with Gasteiger partial charge in [-0.25, -0.2) is 4.79 Å². The molecular formula is C11H14N2O4. The van der Waals surface area contributed by atoms with Crippen LogP contribution in [0.3, 0.4) is 0 Å². The topological polar surface area (TPSA) is 89.9 Å². The van der Waals surface area contributed by atoms with Crippen LogP contribution in [0.15, 0.2) is 18.2 Å². The third kappa shape index (κ3) is 3.76. The Bertz CT molecular complexity index is 443. The Morgan fingerprint density at radius 2 is 2.00 bits per heavy atom. The molecule has 1 aromatic carbocycles. The van der Waals surface area contributed by atoms with Crippen LogP contribution >= 0.6 is 0 Å². The van der Waals surface area contributed by atoms with Gasteiger partial charge in [-0.3, -0.25) is 4.79 Å². The number of carbonyl (C=O) groups excluding carboxylic acids is 1. The molecule has 6 nitrogen and oxygen atoms in total. The Morgan fingerprint density at radius 3 is 2.53 bits per heavy atom. The fourth-order valence-electron chi connectivity index (χ4n) is 1.30. The van der Waals surface area contributed by atoms with Gasteiger partial charge in [-0.1, -0.05) is 0 Å². The molecule has 0 fully saturated rings. The summed E-state index contributed by atoms with van der Waals surface area (Å²) in [5, 5.41) is 20.6. The first-order valence-electron chi connectivity index (χ1n) is 4.91. The standard InChI is InChI=1S/C11H14N2O4/c1-13(2)6-10(15)12-9-4-3-7(14)5-8(9)11(16)17/h3-5,14H,6H2,1-2H3,(H,12,15)(H,16,17). The van der Waals surface area contributed by atoms with Crippen LogP contribution in [0.2, 0.25) is 0 Å². The Labute approximate surface area is 98.5 Å². The molecule has 92 valence electrons. The molecule has 3 N–H and O–H groups in total. The Balaban J connectivity index is 2.91. The van der Waals surface area contributed by atoms with Crippen LogP contribution < -0.4 is 5.32 Å². The van der Waals surface area contributed by atoms with Gasteiger partial charge in [0.25, 0.3) is 0 Å². The zero-order chi connectivity index (χ0) is 13.0. The van der Waals surface area contributed by atoms with Crippen molar-refractivity contribution in [1.82, 2.24) is 4.90 Å². The van der Waals surface area contributed by atoms with Crippen LogP contribution in [-0.4, -0.2) is 47.6 Å². The number of nitrogens with zero attached hydrogens (tertiary/aromatic N) is 1. The Hall–Kier alpha value is -2.08. The predicted molar refractivity (Wildman–Crippen MR) is 62.2 cm³/mol. The molecule has 1 aromatic rings. The summed E-state index contributed by atoms with van der Waals surface area (Å²) in [5.74, 6) is -1.68. The van der Waals surface area contributed by atoms with Gasteiger partial charge in [0, 0.05) is 0 Å². The molecular weight excluding hydrogens is 224 g/mol. The minimum atomic E-state index is -1.21. The summed E-state index contributed by atoms with van der Waals surface area (Å²) in [7, 11) is 3.46. The quantitative estimate of drug-likeness (QED) is 0.668. The lowest BCUT2D eigenvalue weighted by atomic mass is 10.1. The minimum absolute atomic E-state index is 0.142. The number of benzene rings is 1. The van der Waals surface area contributed by atoms with Crippen LogP contribution in [0.25, 0.3) is 0 Å². The summed E-state index contributed by atoms with van der Waals surface area (Å²) in [6, 6.07) is 3.76. The number of hydrogen-bond acceptors (Lipinski definition) is 4. The molecule has 0 aromatic heterocycles. The zero-order valence-electron chi connectivity index (χ0n) is 9.60. The van der Waals surface area contributed by atoms with E-state index < -0.39 is 5.97 Å². The van der Waals surface area contributed by atoms with Crippen molar-refractivity contribution in [2.45, 2.75) is 0 Å². The number of carboxylic acid groups (broad SMARTS) is 1. The third-order valence-corrected chi connectivity index (χ3v) is 1.97. The molecule has 0 spiro atoms. The number of likely N-dealkylation sites (N-methyl/N-ethyl adjacent to an activating group) is 1. The van der Waals surface area contributed by atoms with E-state index in [0.717, 1.165) is 6.07 Å². The van der Waals surface area contributed by atoms with Gasteiger partial charge < -0.3 is 20.4 Å². The van der Waals surface area contributed by atoms with Crippen molar-refractivity contribution < 1.29 is 19.8 Å². The van der Waals surface area contributed by atoms with Crippen molar-refractivity contribution in [1.29, 1.82) is 0 Å². The SMILES string of the molecule is CN(C)CC(=O)Nc1ccc(O)cc1C(=O)O. The van der Waals surface area contributed by atoms with E-state index in [1.54, 1.807) is 19.0 Å². The van der Waals surface area contributed by atoms with Crippen molar-refractivity contribution in [2.75, 3.05) is 26.0 Å². The number of amides is 1. The van der Waals surface area contributed by atoms with Crippen molar-refractivity contribution in [3.05, 3.63) is 23.8 Å². The summed E-state index contributed by atoms with van der Waals surface area (Å²) >= 11 is 0. The largest absolute Gasteiger partial charge is 0.508 e. The zero-order valence-corrected chi connectivity index (χ0v) is 9.60. The van der Waals surface area contributed by atoms with Gasteiger partial charge in [0.15, 0.2) is 0 Å². The fraction of sp³-hybridized carbons (Fsp3) is 0.273. The van der Waals surface area contributed by atoms with E-state index in [4.69, 9.17) is 5.11 Å². The highest BCUT2D eigenvalue weighted by atomic mass is 16.4. The maximum Gasteiger partial charge on any atom is 0.337 e. The number of phenols is 1. The highest BCUT2D eigenvalue weighted by molar-refractivity contribution is 6.01. The summed E-state index contributed by atoms with van der Waals surface area (Å²) in [6.07, 6.45) is 0. The lowest BCUT2D eigenvalue weighted by Crippen LogP contribution is -2.27. The molecule has 0 radical (unpaired) electrons. The molecule has 0 unspecified atom stereocenters. The lowest BCUT2D eigenvalue weighted by Gasteiger charge is -2.11. The van der Waals surface area contributed by atoms with E-state index >= 15 is 0 Å². The molecule has 1 rings (SSSR count). The molecule has 0 aliphatic carbocycles. The number of anilines is 1. The maximum atomic E-state index is 11.5. The van der Waals surface area contributed by atoms with Gasteiger partial charge >= 0.3 is 5.97 Å².